The second-order valence-corrected chi connectivity index (χ2v) is 6.20. The van der Waals surface area contributed by atoms with Gasteiger partial charge in [-0.25, -0.2) is 9.18 Å². The van der Waals surface area contributed by atoms with Crippen LogP contribution in [-0.2, 0) is 0 Å². The van der Waals surface area contributed by atoms with Crippen LogP contribution in [0.3, 0.4) is 0 Å². The molecule has 0 saturated carbocycles. The molecular formula is C19H22FN3O. The molecule has 1 heterocycles. The van der Waals surface area contributed by atoms with Crippen molar-refractivity contribution in [1.29, 1.82) is 0 Å². The second-order valence-electron chi connectivity index (χ2n) is 6.20. The number of urea groups is 1. The van der Waals surface area contributed by atoms with Crippen LogP contribution < -0.4 is 10.2 Å². The Morgan fingerprint density at radius 3 is 2.50 bits per heavy atom. The molecule has 1 saturated heterocycles. The number of amides is 2. The Bertz CT molecular complexity index is 739. The van der Waals surface area contributed by atoms with E-state index in [4.69, 9.17) is 0 Å². The molecule has 2 aromatic rings. The molecule has 2 amide bonds. The highest BCUT2D eigenvalue weighted by Crippen LogP contribution is 2.23. The Kier molecular flexibility index (Phi) is 4.69. The van der Waals surface area contributed by atoms with Crippen LogP contribution >= 0.6 is 0 Å². The van der Waals surface area contributed by atoms with Crippen LogP contribution in [0.1, 0.15) is 11.1 Å². The summed E-state index contributed by atoms with van der Waals surface area (Å²) in [6.07, 6.45) is 0. The summed E-state index contributed by atoms with van der Waals surface area (Å²) in [6.45, 7) is 7.08. The Morgan fingerprint density at radius 1 is 1.04 bits per heavy atom. The van der Waals surface area contributed by atoms with E-state index in [0.717, 1.165) is 13.1 Å². The average molecular weight is 327 g/mol. The number of nitrogens with zero attached hydrogens (tertiary/aromatic N) is 2. The number of carbonyl (C=O) groups excluding carboxylic acids is 1. The van der Waals surface area contributed by atoms with Gasteiger partial charge in [0.15, 0.2) is 0 Å². The Hall–Kier alpha value is -2.56. The van der Waals surface area contributed by atoms with Crippen molar-refractivity contribution >= 4 is 17.4 Å². The number of hydrogen-bond acceptors (Lipinski definition) is 2. The number of carbonyl (C=O) groups is 1. The van der Waals surface area contributed by atoms with Gasteiger partial charge in [0.25, 0.3) is 0 Å². The molecule has 0 aromatic heterocycles. The molecular weight excluding hydrogens is 305 g/mol. The summed E-state index contributed by atoms with van der Waals surface area (Å²) >= 11 is 0. The van der Waals surface area contributed by atoms with Crippen LogP contribution in [0.2, 0.25) is 0 Å². The van der Waals surface area contributed by atoms with Crippen LogP contribution in [0.25, 0.3) is 0 Å². The minimum absolute atomic E-state index is 0.179. The smallest absolute Gasteiger partial charge is 0.321 e. The van der Waals surface area contributed by atoms with E-state index >= 15 is 0 Å². The number of hydrogen-bond donors (Lipinski definition) is 1. The maximum absolute atomic E-state index is 13.2. The quantitative estimate of drug-likeness (QED) is 0.911. The molecule has 5 heteroatoms. The third-order valence-corrected chi connectivity index (χ3v) is 4.35. The molecule has 1 aliphatic heterocycles. The van der Waals surface area contributed by atoms with Gasteiger partial charge in [-0.1, -0.05) is 18.2 Å². The molecule has 126 valence electrons. The number of rotatable bonds is 2. The Morgan fingerprint density at radius 2 is 1.79 bits per heavy atom. The van der Waals surface area contributed by atoms with Gasteiger partial charge in [0.2, 0.25) is 0 Å². The average Bonchev–Trinajstić information content (AvgIpc) is 2.57. The lowest BCUT2D eigenvalue weighted by Gasteiger charge is -2.36. The summed E-state index contributed by atoms with van der Waals surface area (Å²) in [4.78, 5) is 16.4. The van der Waals surface area contributed by atoms with E-state index in [-0.39, 0.29) is 11.8 Å². The van der Waals surface area contributed by atoms with E-state index in [0.29, 0.717) is 18.8 Å². The minimum Gasteiger partial charge on any atom is -0.368 e. The van der Waals surface area contributed by atoms with Gasteiger partial charge in [0.1, 0.15) is 5.82 Å². The Labute approximate surface area is 141 Å². The largest absolute Gasteiger partial charge is 0.368 e. The number of halogens is 1. The van der Waals surface area contributed by atoms with Crippen LogP contribution in [0.5, 0.6) is 0 Å². The fourth-order valence-electron chi connectivity index (χ4n) is 2.98. The van der Waals surface area contributed by atoms with Crippen molar-refractivity contribution in [2.24, 2.45) is 0 Å². The summed E-state index contributed by atoms with van der Waals surface area (Å²) in [5, 5.41) is 2.76. The molecule has 0 bridgehead atoms. The Balaban J connectivity index is 1.60. The molecule has 0 aliphatic carbocycles. The highest BCUT2D eigenvalue weighted by atomic mass is 19.1. The second kappa shape index (κ2) is 6.91. The highest BCUT2D eigenvalue weighted by Gasteiger charge is 2.22. The summed E-state index contributed by atoms with van der Waals surface area (Å²) in [7, 11) is 0. The van der Waals surface area contributed by atoms with Crippen LogP contribution in [0, 0.1) is 19.7 Å². The van der Waals surface area contributed by atoms with Crippen LogP contribution in [-0.4, -0.2) is 37.1 Å². The van der Waals surface area contributed by atoms with Gasteiger partial charge in [0.05, 0.1) is 0 Å². The topological polar surface area (TPSA) is 35.6 Å². The van der Waals surface area contributed by atoms with Gasteiger partial charge in [-0.3, -0.25) is 0 Å². The maximum Gasteiger partial charge on any atom is 0.321 e. The van der Waals surface area contributed by atoms with E-state index < -0.39 is 0 Å². The van der Waals surface area contributed by atoms with Crippen molar-refractivity contribution in [3.8, 4) is 0 Å². The zero-order chi connectivity index (χ0) is 17.1. The SMILES string of the molecule is Cc1ccc(C)c(N2CCN(C(=O)Nc3cccc(F)c3)CC2)c1. The third-order valence-electron chi connectivity index (χ3n) is 4.35. The number of anilines is 2. The minimum atomic E-state index is -0.354. The lowest BCUT2D eigenvalue weighted by molar-refractivity contribution is 0.208. The first-order chi connectivity index (χ1) is 11.5. The van der Waals surface area contributed by atoms with Crippen molar-refractivity contribution in [3.05, 3.63) is 59.4 Å². The molecule has 0 unspecified atom stereocenters. The van der Waals surface area contributed by atoms with Gasteiger partial charge in [-0.05, 0) is 49.2 Å². The predicted octanol–water partition coefficient (Wildman–Crippen LogP) is 3.80. The number of nitrogens with one attached hydrogen (secondary N) is 1. The zero-order valence-corrected chi connectivity index (χ0v) is 14.1. The predicted molar refractivity (Wildman–Crippen MR) is 95.1 cm³/mol. The van der Waals surface area contributed by atoms with E-state index in [9.17, 15) is 9.18 Å². The molecule has 1 fully saturated rings. The summed E-state index contributed by atoms with van der Waals surface area (Å²) in [5.74, 6) is -0.354. The van der Waals surface area contributed by atoms with Crippen molar-refractivity contribution < 1.29 is 9.18 Å². The molecule has 4 nitrogen and oxygen atoms in total. The van der Waals surface area contributed by atoms with Gasteiger partial charge < -0.3 is 15.1 Å². The molecule has 3 rings (SSSR count). The standard InChI is InChI=1S/C19H22FN3O/c1-14-6-7-15(2)18(12-14)22-8-10-23(11-9-22)19(24)21-17-5-3-4-16(20)13-17/h3-7,12-13H,8-11H2,1-2H3,(H,21,24). The van der Waals surface area contributed by atoms with Crippen molar-refractivity contribution in [3.63, 3.8) is 0 Å². The number of benzene rings is 2. The van der Waals surface area contributed by atoms with Gasteiger partial charge in [-0.15, -0.1) is 0 Å². The van der Waals surface area contributed by atoms with E-state index in [2.05, 4.69) is 42.3 Å². The van der Waals surface area contributed by atoms with Gasteiger partial charge in [-0.2, -0.15) is 0 Å². The molecule has 0 radical (unpaired) electrons. The van der Waals surface area contributed by atoms with Gasteiger partial charge >= 0.3 is 6.03 Å². The molecule has 24 heavy (non-hydrogen) atoms. The molecule has 1 aliphatic rings. The first-order valence-electron chi connectivity index (χ1n) is 8.16. The molecule has 0 atom stereocenters. The summed E-state index contributed by atoms with van der Waals surface area (Å²) in [5.41, 5.74) is 4.21. The van der Waals surface area contributed by atoms with E-state index in [1.54, 1.807) is 17.0 Å². The van der Waals surface area contributed by atoms with Gasteiger partial charge in [0, 0.05) is 37.6 Å². The third kappa shape index (κ3) is 3.67. The van der Waals surface area contributed by atoms with Crippen LogP contribution in [0.4, 0.5) is 20.6 Å². The van der Waals surface area contributed by atoms with Crippen molar-refractivity contribution in [2.45, 2.75) is 13.8 Å². The number of piperazine rings is 1. The highest BCUT2D eigenvalue weighted by molar-refractivity contribution is 5.89. The fourth-order valence-corrected chi connectivity index (χ4v) is 2.98. The monoisotopic (exact) mass is 327 g/mol. The van der Waals surface area contributed by atoms with Crippen LogP contribution in [0.15, 0.2) is 42.5 Å². The lowest BCUT2D eigenvalue weighted by atomic mass is 10.1. The normalized spacial score (nSPS) is 14.6. The van der Waals surface area contributed by atoms with Crippen molar-refractivity contribution in [2.75, 3.05) is 36.4 Å². The molecule has 2 aromatic carbocycles. The maximum atomic E-state index is 13.2. The summed E-state index contributed by atoms with van der Waals surface area (Å²) in [6, 6.07) is 12.2. The van der Waals surface area contributed by atoms with Crippen molar-refractivity contribution in [1.82, 2.24) is 4.90 Å². The number of aryl methyl sites for hydroxylation is 2. The van der Waals surface area contributed by atoms with E-state index in [1.165, 1.54) is 28.9 Å². The molecule has 0 spiro atoms. The van der Waals surface area contributed by atoms with E-state index in [1.807, 2.05) is 0 Å². The first kappa shape index (κ1) is 16.3. The lowest BCUT2D eigenvalue weighted by Crippen LogP contribution is -2.50. The fraction of sp³-hybridized carbons (Fsp3) is 0.316. The zero-order valence-electron chi connectivity index (χ0n) is 14.1. The first-order valence-corrected chi connectivity index (χ1v) is 8.16. The summed E-state index contributed by atoms with van der Waals surface area (Å²) < 4.78 is 13.2. The molecule has 1 N–H and O–H groups in total.